The molecular formula is C12H8ClN3O2S2. The van der Waals surface area contributed by atoms with Crippen molar-refractivity contribution in [3.8, 4) is 0 Å². The van der Waals surface area contributed by atoms with Crippen LogP contribution in [0.5, 0.6) is 0 Å². The van der Waals surface area contributed by atoms with Gasteiger partial charge in [0, 0.05) is 5.02 Å². The van der Waals surface area contributed by atoms with Gasteiger partial charge < -0.3 is 0 Å². The minimum atomic E-state index is -3.67. The van der Waals surface area contributed by atoms with E-state index in [1.54, 1.807) is 30.3 Å². The SMILES string of the molecule is O=S(=O)(Nc1cccc(Cl)c1)c1ccc2nsnc2c1. The molecule has 1 heterocycles. The van der Waals surface area contributed by atoms with Crippen LogP contribution in [-0.2, 0) is 10.0 Å². The lowest BCUT2D eigenvalue weighted by atomic mass is 10.3. The van der Waals surface area contributed by atoms with Crippen LogP contribution in [0.25, 0.3) is 11.0 Å². The predicted molar refractivity (Wildman–Crippen MR) is 79.7 cm³/mol. The molecule has 20 heavy (non-hydrogen) atoms. The quantitative estimate of drug-likeness (QED) is 0.803. The minimum absolute atomic E-state index is 0.137. The van der Waals surface area contributed by atoms with E-state index in [4.69, 9.17) is 11.6 Å². The third-order valence-corrected chi connectivity index (χ3v) is 4.78. The minimum Gasteiger partial charge on any atom is -0.280 e. The fourth-order valence-electron chi connectivity index (χ4n) is 1.70. The first kappa shape index (κ1) is 13.3. The highest BCUT2D eigenvalue weighted by atomic mass is 35.5. The molecule has 0 aliphatic carbocycles. The van der Waals surface area contributed by atoms with Crippen molar-refractivity contribution in [2.75, 3.05) is 4.72 Å². The molecule has 3 aromatic rings. The first-order valence-corrected chi connectivity index (χ1v) is 8.14. The van der Waals surface area contributed by atoms with Gasteiger partial charge >= 0.3 is 0 Å². The van der Waals surface area contributed by atoms with Gasteiger partial charge in [-0.3, -0.25) is 4.72 Å². The molecule has 0 saturated carbocycles. The predicted octanol–water partition coefficient (Wildman–Crippen LogP) is 3.15. The van der Waals surface area contributed by atoms with Crippen LogP contribution in [0.3, 0.4) is 0 Å². The normalized spacial score (nSPS) is 11.7. The Balaban J connectivity index is 1.98. The zero-order valence-corrected chi connectivity index (χ0v) is 12.3. The topological polar surface area (TPSA) is 72.0 Å². The van der Waals surface area contributed by atoms with Gasteiger partial charge in [0.1, 0.15) is 11.0 Å². The molecule has 0 saturated heterocycles. The number of aromatic nitrogens is 2. The maximum Gasteiger partial charge on any atom is 0.261 e. The Morgan fingerprint density at radius 3 is 2.65 bits per heavy atom. The fourth-order valence-corrected chi connectivity index (χ4v) is 3.47. The van der Waals surface area contributed by atoms with Gasteiger partial charge in [0.2, 0.25) is 0 Å². The summed E-state index contributed by atoms with van der Waals surface area (Å²) in [5.41, 5.74) is 1.65. The number of anilines is 1. The summed E-state index contributed by atoms with van der Waals surface area (Å²) in [5.74, 6) is 0. The average molecular weight is 326 g/mol. The van der Waals surface area contributed by atoms with Crippen LogP contribution in [0.2, 0.25) is 5.02 Å². The molecule has 0 amide bonds. The zero-order valence-electron chi connectivity index (χ0n) is 9.95. The van der Waals surface area contributed by atoms with E-state index < -0.39 is 10.0 Å². The lowest BCUT2D eigenvalue weighted by molar-refractivity contribution is 0.601. The molecule has 0 aliphatic heterocycles. The van der Waals surface area contributed by atoms with Crippen LogP contribution in [0.4, 0.5) is 5.69 Å². The smallest absolute Gasteiger partial charge is 0.261 e. The molecule has 3 rings (SSSR count). The number of halogens is 1. The van der Waals surface area contributed by atoms with Crippen molar-refractivity contribution in [2.24, 2.45) is 0 Å². The lowest BCUT2D eigenvalue weighted by Crippen LogP contribution is -2.12. The number of fused-ring (bicyclic) bond motifs is 1. The molecule has 102 valence electrons. The van der Waals surface area contributed by atoms with Crippen LogP contribution in [0.1, 0.15) is 0 Å². The Bertz CT molecular complexity index is 877. The van der Waals surface area contributed by atoms with E-state index >= 15 is 0 Å². The Kier molecular flexibility index (Phi) is 3.33. The number of nitrogens with one attached hydrogen (secondary N) is 1. The van der Waals surface area contributed by atoms with Gasteiger partial charge in [0.25, 0.3) is 10.0 Å². The van der Waals surface area contributed by atoms with E-state index in [2.05, 4.69) is 13.5 Å². The molecule has 1 aromatic heterocycles. The summed E-state index contributed by atoms with van der Waals surface area (Å²) in [6, 6.07) is 11.1. The molecule has 0 fully saturated rings. The number of nitrogens with zero attached hydrogens (tertiary/aromatic N) is 2. The summed E-state index contributed by atoms with van der Waals surface area (Å²) in [5, 5.41) is 0.462. The first-order valence-electron chi connectivity index (χ1n) is 5.55. The van der Waals surface area contributed by atoms with Crippen molar-refractivity contribution in [2.45, 2.75) is 4.90 Å². The van der Waals surface area contributed by atoms with Gasteiger partial charge in [0.15, 0.2) is 0 Å². The van der Waals surface area contributed by atoms with Gasteiger partial charge in [-0.25, -0.2) is 8.42 Å². The Morgan fingerprint density at radius 1 is 1.05 bits per heavy atom. The van der Waals surface area contributed by atoms with Gasteiger partial charge in [0.05, 0.1) is 22.3 Å². The molecule has 0 bridgehead atoms. The van der Waals surface area contributed by atoms with E-state index in [1.165, 1.54) is 12.1 Å². The van der Waals surface area contributed by atoms with Crippen LogP contribution in [0, 0.1) is 0 Å². The maximum atomic E-state index is 12.3. The summed E-state index contributed by atoms with van der Waals surface area (Å²) in [6.07, 6.45) is 0. The van der Waals surface area contributed by atoms with Crippen molar-refractivity contribution < 1.29 is 8.42 Å². The summed E-state index contributed by atoms with van der Waals surface area (Å²) in [7, 11) is -3.67. The van der Waals surface area contributed by atoms with E-state index in [0.717, 1.165) is 11.7 Å². The summed E-state index contributed by atoms with van der Waals surface area (Å²) in [6.45, 7) is 0. The highest BCUT2D eigenvalue weighted by Crippen LogP contribution is 2.21. The molecular weight excluding hydrogens is 318 g/mol. The Morgan fingerprint density at radius 2 is 1.85 bits per heavy atom. The van der Waals surface area contributed by atoms with E-state index in [1.807, 2.05) is 0 Å². The van der Waals surface area contributed by atoms with E-state index in [9.17, 15) is 8.42 Å². The van der Waals surface area contributed by atoms with Crippen molar-refractivity contribution in [1.82, 2.24) is 8.75 Å². The number of rotatable bonds is 3. The number of hydrogen-bond donors (Lipinski definition) is 1. The Hall–Kier alpha value is -1.70. The van der Waals surface area contributed by atoms with Gasteiger partial charge in [-0.15, -0.1) is 0 Å². The van der Waals surface area contributed by atoms with E-state index in [-0.39, 0.29) is 4.90 Å². The van der Waals surface area contributed by atoms with Gasteiger partial charge in [-0.05, 0) is 36.4 Å². The second-order valence-electron chi connectivity index (χ2n) is 4.03. The number of sulfonamides is 1. The second kappa shape index (κ2) is 5.01. The van der Waals surface area contributed by atoms with Crippen molar-refractivity contribution in [1.29, 1.82) is 0 Å². The summed E-state index contributed by atoms with van der Waals surface area (Å²) >= 11 is 6.88. The van der Waals surface area contributed by atoms with Crippen LogP contribution in [-0.4, -0.2) is 17.2 Å². The second-order valence-corrected chi connectivity index (χ2v) is 6.68. The summed E-state index contributed by atoms with van der Waals surface area (Å²) in [4.78, 5) is 0.137. The average Bonchev–Trinajstić information content (AvgIpc) is 2.85. The van der Waals surface area contributed by atoms with Crippen molar-refractivity contribution in [3.63, 3.8) is 0 Å². The molecule has 8 heteroatoms. The highest BCUT2D eigenvalue weighted by Gasteiger charge is 2.15. The fraction of sp³-hybridized carbons (Fsp3) is 0. The highest BCUT2D eigenvalue weighted by molar-refractivity contribution is 7.92. The van der Waals surface area contributed by atoms with Crippen LogP contribution < -0.4 is 4.72 Å². The number of hydrogen-bond acceptors (Lipinski definition) is 5. The maximum absolute atomic E-state index is 12.3. The van der Waals surface area contributed by atoms with Gasteiger partial charge in [-0.1, -0.05) is 17.7 Å². The third-order valence-electron chi connectivity index (χ3n) is 2.61. The largest absolute Gasteiger partial charge is 0.280 e. The van der Waals surface area contributed by atoms with Crippen LogP contribution >= 0.6 is 23.3 Å². The Labute approximate surface area is 124 Å². The lowest BCUT2D eigenvalue weighted by Gasteiger charge is -2.08. The molecule has 2 aromatic carbocycles. The molecule has 0 aliphatic rings. The first-order chi connectivity index (χ1) is 9.54. The summed E-state index contributed by atoms with van der Waals surface area (Å²) < 4.78 is 35.1. The molecule has 5 nitrogen and oxygen atoms in total. The number of benzene rings is 2. The van der Waals surface area contributed by atoms with Gasteiger partial charge in [-0.2, -0.15) is 8.75 Å². The van der Waals surface area contributed by atoms with E-state index in [0.29, 0.717) is 21.7 Å². The van der Waals surface area contributed by atoms with Crippen molar-refractivity contribution in [3.05, 3.63) is 47.5 Å². The van der Waals surface area contributed by atoms with Crippen LogP contribution in [0.15, 0.2) is 47.4 Å². The monoisotopic (exact) mass is 325 g/mol. The molecule has 0 atom stereocenters. The molecule has 1 N–H and O–H groups in total. The third kappa shape index (κ3) is 2.60. The molecule has 0 spiro atoms. The zero-order chi connectivity index (χ0) is 14.2. The van der Waals surface area contributed by atoms with Crippen molar-refractivity contribution >= 4 is 50.1 Å². The molecule has 0 unspecified atom stereocenters. The molecule has 0 radical (unpaired) electrons. The standard InChI is InChI=1S/C12H8ClN3O2S2/c13-8-2-1-3-9(6-8)16-20(17,18)10-4-5-11-12(7-10)15-19-14-11/h1-7,16H.